The maximum absolute atomic E-state index is 13.7. The number of hydrogen-bond donors (Lipinski definition) is 0. The number of benzene rings is 1. The lowest BCUT2D eigenvalue weighted by molar-refractivity contribution is 0.00578. The van der Waals surface area contributed by atoms with Crippen LogP contribution in [0.4, 0.5) is 8.78 Å². The summed E-state index contributed by atoms with van der Waals surface area (Å²) >= 11 is 5.72. The second kappa shape index (κ2) is 4.18. The predicted molar refractivity (Wildman–Crippen MR) is 67.1 cm³/mol. The van der Waals surface area contributed by atoms with Crippen molar-refractivity contribution in [3.8, 4) is 0 Å². The van der Waals surface area contributed by atoms with Crippen molar-refractivity contribution in [3.63, 3.8) is 0 Å². The van der Waals surface area contributed by atoms with E-state index in [0.29, 0.717) is 0 Å². The summed E-state index contributed by atoms with van der Waals surface area (Å²) in [4.78, 5) is 0. The van der Waals surface area contributed by atoms with Gasteiger partial charge in [-0.15, -0.1) is 0 Å². The fraction of sp³-hybridized carbons (Fsp3) is 0.500. The largest absolute Gasteiger partial charge is 0.498 e. The van der Waals surface area contributed by atoms with Gasteiger partial charge in [0.1, 0.15) is 0 Å². The molecule has 6 heteroatoms. The minimum Gasteiger partial charge on any atom is -0.399 e. The molecule has 0 atom stereocenters. The van der Waals surface area contributed by atoms with Crippen molar-refractivity contribution in [2.24, 2.45) is 0 Å². The van der Waals surface area contributed by atoms with Gasteiger partial charge >= 0.3 is 7.12 Å². The SMILES string of the molecule is CC1(C)OB(c2cc(Cl)cc(F)c2F)OC1(C)C. The smallest absolute Gasteiger partial charge is 0.399 e. The first-order valence-electron chi connectivity index (χ1n) is 5.64. The third-order valence-electron chi connectivity index (χ3n) is 3.53. The molecule has 2 nitrogen and oxygen atoms in total. The first-order chi connectivity index (χ1) is 8.14. The summed E-state index contributed by atoms with van der Waals surface area (Å²) in [6.45, 7) is 7.36. The first-order valence-corrected chi connectivity index (χ1v) is 6.02. The minimum atomic E-state index is -1.01. The fourth-order valence-corrected chi connectivity index (χ4v) is 1.93. The second-order valence-electron chi connectivity index (χ2n) is 5.38. The van der Waals surface area contributed by atoms with Gasteiger partial charge in [0.25, 0.3) is 0 Å². The topological polar surface area (TPSA) is 18.5 Å². The molecule has 1 aliphatic heterocycles. The lowest BCUT2D eigenvalue weighted by Gasteiger charge is -2.32. The van der Waals surface area contributed by atoms with E-state index in [9.17, 15) is 8.78 Å². The highest BCUT2D eigenvalue weighted by Gasteiger charge is 2.52. The molecule has 0 N–H and O–H groups in total. The molecule has 1 heterocycles. The lowest BCUT2D eigenvalue weighted by Crippen LogP contribution is -2.41. The molecule has 0 amide bonds. The summed E-state index contributed by atoms with van der Waals surface area (Å²) < 4.78 is 38.4. The van der Waals surface area contributed by atoms with Crippen LogP contribution in [-0.4, -0.2) is 18.3 Å². The molecule has 0 radical (unpaired) electrons. The van der Waals surface area contributed by atoms with Crippen molar-refractivity contribution < 1.29 is 18.1 Å². The highest BCUT2D eigenvalue weighted by molar-refractivity contribution is 6.62. The molecule has 0 saturated carbocycles. The quantitative estimate of drug-likeness (QED) is 0.579. The molecule has 1 aromatic rings. The van der Waals surface area contributed by atoms with Crippen LogP contribution < -0.4 is 5.46 Å². The van der Waals surface area contributed by atoms with E-state index in [0.717, 1.165) is 6.07 Å². The van der Waals surface area contributed by atoms with Crippen molar-refractivity contribution >= 4 is 24.2 Å². The molecule has 0 bridgehead atoms. The molecule has 1 aliphatic rings. The Balaban J connectivity index is 2.41. The van der Waals surface area contributed by atoms with Crippen molar-refractivity contribution in [1.29, 1.82) is 0 Å². The number of hydrogen-bond acceptors (Lipinski definition) is 2. The van der Waals surface area contributed by atoms with Crippen LogP contribution in [0.1, 0.15) is 27.7 Å². The van der Waals surface area contributed by atoms with Crippen LogP contribution >= 0.6 is 11.6 Å². The van der Waals surface area contributed by atoms with Gasteiger partial charge in [0, 0.05) is 10.5 Å². The van der Waals surface area contributed by atoms with E-state index in [1.165, 1.54) is 6.07 Å². The average molecular weight is 275 g/mol. The molecule has 0 spiro atoms. The molecule has 0 aliphatic carbocycles. The van der Waals surface area contributed by atoms with E-state index in [1.807, 2.05) is 27.7 Å². The van der Waals surface area contributed by atoms with Crippen LogP contribution in [-0.2, 0) is 9.31 Å². The lowest BCUT2D eigenvalue weighted by atomic mass is 9.78. The maximum Gasteiger partial charge on any atom is 0.498 e. The van der Waals surface area contributed by atoms with Gasteiger partial charge in [0.05, 0.1) is 11.2 Å². The first kappa shape index (κ1) is 13.8. The zero-order valence-electron chi connectivity index (χ0n) is 10.7. The van der Waals surface area contributed by atoms with E-state index in [4.69, 9.17) is 20.9 Å². The summed E-state index contributed by atoms with van der Waals surface area (Å²) in [5.74, 6) is -2.00. The minimum absolute atomic E-state index is 0.0151. The van der Waals surface area contributed by atoms with Gasteiger partial charge < -0.3 is 9.31 Å². The summed E-state index contributed by atoms with van der Waals surface area (Å²) in [5, 5.41) is 0.110. The molecule has 1 aromatic carbocycles. The van der Waals surface area contributed by atoms with E-state index < -0.39 is 30.0 Å². The summed E-state index contributed by atoms with van der Waals surface area (Å²) in [7, 11) is -0.955. The van der Waals surface area contributed by atoms with Crippen LogP contribution in [0, 0.1) is 11.6 Å². The zero-order valence-corrected chi connectivity index (χ0v) is 11.4. The normalized spacial score (nSPS) is 21.4. The summed E-state index contributed by atoms with van der Waals surface area (Å²) in [6, 6.07) is 2.24. The molecular weight excluding hydrogens is 260 g/mol. The van der Waals surface area contributed by atoms with Crippen LogP contribution in [0.5, 0.6) is 0 Å². The monoisotopic (exact) mass is 274 g/mol. The van der Waals surface area contributed by atoms with Gasteiger partial charge in [-0.2, -0.15) is 0 Å². The fourth-order valence-electron chi connectivity index (χ4n) is 1.72. The van der Waals surface area contributed by atoms with Gasteiger partial charge in [-0.3, -0.25) is 0 Å². The number of halogens is 3. The van der Waals surface area contributed by atoms with Gasteiger partial charge in [0.15, 0.2) is 11.6 Å². The molecule has 2 rings (SSSR count). The molecule has 1 saturated heterocycles. The molecule has 0 unspecified atom stereocenters. The Bertz CT molecular complexity index is 475. The van der Waals surface area contributed by atoms with Crippen molar-refractivity contribution in [3.05, 3.63) is 28.8 Å². The Hall–Kier alpha value is -0.645. The van der Waals surface area contributed by atoms with E-state index in [1.54, 1.807) is 0 Å². The Kier molecular flexibility index (Phi) is 3.20. The van der Waals surface area contributed by atoms with Gasteiger partial charge in [0.2, 0.25) is 0 Å². The van der Waals surface area contributed by atoms with Gasteiger partial charge in [-0.1, -0.05) is 11.6 Å². The molecule has 0 aromatic heterocycles. The Morgan fingerprint density at radius 1 is 1.06 bits per heavy atom. The molecule has 18 heavy (non-hydrogen) atoms. The molecule has 1 fully saturated rings. The Labute approximate surface area is 110 Å². The zero-order chi connectivity index (χ0) is 13.7. The standard InChI is InChI=1S/C12H14BClF2O2/c1-11(2)12(3,4)18-13(17-11)8-5-7(14)6-9(15)10(8)16/h5-6H,1-4H3. The predicted octanol–water partition coefficient (Wildman–Crippen LogP) is 2.92. The van der Waals surface area contributed by atoms with Crippen molar-refractivity contribution in [2.75, 3.05) is 0 Å². The number of rotatable bonds is 1. The third-order valence-corrected chi connectivity index (χ3v) is 3.75. The van der Waals surface area contributed by atoms with Crippen molar-refractivity contribution in [2.45, 2.75) is 38.9 Å². The van der Waals surface area contributed by atoms with Crippen LogP contribution in [0.3, 0.4) is 0 Å². The van der Waals surface area contributed by atoms with E-state index in [2.05, 4.69) is 0 Å². The van der Waals surface area contributed by atoms with E-state index in [-0.39, 0.29) is 10.5 Å². The van der Waals surface area contributed by atoms with Crippen molar-refractivity contribution in [1.82, 2.24) is 0 Å². The third kappa shape index (κ3) is 2.15. The average Bonchev–Trinajstić information content (AvgIpc) is 2.42. The van der Waals surface area contributed by atoms with E-state index >= 15 is 0 Å². The summed E-state index contributed by atoms with van der Waals surface area (Å²) in [6.07, 6.45) is 0. The highest BCUT2D eigenvalue weighted by atomic mass is 35.5. The van der Waals surface area contributed by atoms with Crippen LogP contribution in [0.2, 0.25) is 5.02 Å². The van der Waals surface area contributed by atoms with Crippen LogP contribution in [0.25, 0.3) is 0 Å². The molecule has 98 valence electrons. The molecular formula is C12H14BClF2O2. The van der Waals surface area contributed by atoms with Crippen LogP contribution in [0.15, 0.2) is 12.1 Å². The highest BCUT2D eigenvalue weighted by Crippen LogP contribution is 2.36. The summed E-state index contributed by atoms with van der Waals surface area (Å²) in [5.41, 5.74) is -1.23. The Morgan fingerprint density at radius 2 is 1.56 bits per heavy atom. The Morgan fingerprint density at radius 3 is 2.06 bits per heavy atom. The second-order valence-corrected chi connectivity index (χ2v) is 5.82. The van der Waals surface area contributed by atoms with Gasteiger partial charge in [-0.05, 0) is 39.8 Å². The maximum atomic E-state index is 13.7. The van der Waals surface area contributed by atoms with Gasteiger partial charge in [-0.25, -0.2) is 8.78 Å².